The number of halogens is 2. The fraction of sp³-hybridized carbons (Fsp3) is 0.400. The van der Waals surface area contributed by atoms with Gasteiger partial charge in [-0.15, -0.1) is 0 Å². The van der Waals surface area contributed by atoms with E-state index in [-0.39, 0.29) is 0 Å². The largest absolute Gasteiger partial charge is 0.463 e. The van der Waals surface area contributed by atoms with Crippen molar-refractivity contribution in [2.75, 3.05) is 11.3 Å². The van der Waals surface area contributed by atoms with Gasteiger partial charge in [0.15, 0.2) is 0 Å². The zero-order valence-electron chi connectivity index (χ0n) is 22.5. The molecule has 0 saturated carbocycles. The summed E-state index contributed by atoms with van der Waals surface area (Å²) in [5, 5.41) is -5.18. The van der Waals surface area contributed by atoms with Crippen LogP contribution in [-0.4, -0.2) is 26.2 Å². The van der Waals surface area contributed by atoms with Crippen LogP contribution in [0.1, 0.15) is 41.1 Å². The van der Waals surface area contributed by atoms with Crippen LogP contribution >= 0.6 is 11.6 Å². The highest BCUT2D eigenvalue weighted by atomic mass is 35.5. The molecule has 8 heteroatoms. The molecule has 0 aliphatic heterocycles. The van der Waals surface area contributed by atoms with Crippen LogP contribution in [0.25, 0.3) is 0 Å². The van der Waals surface area contributed by atoms with Gasteiger partial charge in [-0.2, -0.15) is 0 Å². The smallest absolute Gasteiger partial charge is 0.335 e. The monoisotopic (exact) mass is 372 g/mol. The van der Waals surface area contributed by atoms with Crippen molar-refractivity contribution < 1.29 is 37.4 Å². The van der Waals surface area contributed by atoms with Crippen molar-refractivity contribution >= 4 is 33.3 Å². The fourth-order valence-electron chi connectivity index (χ4n) is 1.47. The first-order valence-corrected chi connectivity index (χ1v) is 7.88. The van der Waals surface area contributed by atoms with Crippen LogP contribution in [-0.2, 0) is 19.6 Å². The minimum absolute atomic E-state index is 0.469. The molecule has 1 atom stereocenters. The molecule has 23 heavy (non-hydrogen) atoms. The number of carbonyl (C=O) groups is 1. The highest BCUT2D eigenvalue weighted by Crippen LogP contribution is 2.30. The summed E-state index contributed by atoms with van der Waals surface area (Å²) in [6.45, 7) is 0.769. The summed E-state index contributed by atoms with van der Waals surface area (Å²) >= 11 is 5.73. The maximum Gasteiger partial charge on any atom is 0.335 e. The lowest BCUT2D eigenvalue weighted by Gasteiger charge is -2.24. The number of esters is 1. The molecule has 0 fully saturated rings. The molecular formula is C15H17ClFNO4S. The van der Waals surface area contributed by atoms with Gasteiger partial charge in [0.2, 0.25) is 10.0 Å². The lowest BCUT2D eigenvalue weighted by atomic mass is 9.99. The number of hydrogen-bond donors (Lipinski definition) is 1. The number of rotatable bonds is 5. The molecule has 0 heterocycles. The summed E-state index contributed by atoms with van der Waals surface area (Å²) in [5.74, 6) is -3.38. The Morgan fingerprint density at radius 3 is 3.09 bits per heavy atom. The van der Waals surface area contributed by atoms with Gasteiger partial charge in [0.1, 0.15) is 11.0 Å². The zero-order chi connectivity index (χ0) is 26.8. The maximum atomic E-state index is 13.9. The van der Waals surface area contributed by atoms with E-state index in [4.69, 9.17) is 26.7 Å². The topological polar surface area (TPSA) is 72.5 Å². The average Bonchev–Trinajstić information content (AvgIpc) is 2.72. The Bertz CT molecular complexity index is 1180. The Kier molecular flexibility index (Phi) is 2.54. The van der Waals surface area contributed by atoms with Crippen LogP contribution in [0.15, 0.2) is 29.8 Å². The van der Waals surface area contributed by atoms with E-state index in [1.165, 1.54) is 11.6 Å². The molecule has 0 spiro atoms. The van der Waals surface area contributed by atoms with Crippen LogP contribution in [0.3, 0.4) is 0 Å². The van der Waals surface area contributed by atoms with E-state index in [1.54, 1.807) is 0 Å². The van der Waals surface area contributed by atoms with Gasteiger partial charge in [-0.1, -0.05) is 17.7 Å². The second-order valence-corrected chi connectivity index (χ2v) is 5.91. The molecule has 5 nitrogen and oxygen atoms in total. The average molecular weight is 373 g/mol. The van der Waals surface area contributed by atoms with Gasteiger partial charge < -0.3 is 4.74 Å². The number of sulfonamides is 1. The maximum absolute atomic E-state index is 13.9. The van der Waals surface area contributed by atoms with Gasteiger partial charge >= 0.3 is 5.97 Å². The van der Waals surface area contributed by atoms with Crippen molar-refractivity contribution in [1.82, 2.24) is 0 Å². The van der Waals surface area contributed by atoms with E-state index < -0.39 is 93.2 Å². The van der Waals surface area contributed by atoms with E-state index in [0.29, 0.717) is 0 Å². The molecule has 1 aliphatic carbocycles. The van der Waals surface area contributed by atoms with Crippen molar-refractivity contribution in [1.29, 1.82) is 0 Å². The molecule has 0 bridgehead atoms. The van der Waals surface area contributed by atoms with Gasteiger partial charge in [-0.05, 0) is 44.2 Å². The van der Waals surface area contributed by atoms with Crippen LogP contribution in [0.4, 0.5) is 10.1 Å². The van der Waals surface area contributed by atoms with Crippen LogP contribution in [0.5, 0.6) is 0 Å². The molecule has 0 amide bonds. The van der Waals surface area contributed by atoms with Crippen molar-refractivity contribution in [2.45, 2.75) is 31.3 Å². The van der Waals surface area contributed by atoms with E-state index in [9.17, 15) is 17.6 Å². The normalized spacial score (nSPS) is 35.3. The Balaban J connectivity index is 2.98. The summed E-state index contributed by atoms with van der Waals surface area (Å²) in [7, 11) is -5.84. The molecular weight excluding hydrogens is 345 g/mol. The minimum atomic E-state index is -5.84. The zero-order valence-corrected chi connectivity index (χ0v) is 13.1. The van der Waals surface area contributed by atoms with Crippen molar-refractivity contribution in [2.24, 2.45) is 0 Å². The van der Waals surface area contributed by atoms with E-state index in [0.717, 1.165) is 0 Å². The summed E-state index contributed by atoms with van der Waals surface area (Å²) in [4.78, 5) is 12.6. The number of benzene rings is 1. The summed E-state index contributed by atoms with van der Waals surface area (Å²) in [5.41, 5.74) is -2.83. The molecule has 1 aromatic carbocycles. The third-order valence-corrected chi connectivity index (χ3v) is 3.97. The predicted octanol–water partition coefficient (Wildman–Crippen LogP) is 3.26. The van der Waals surface area contributed by atoms with Gasteiger partial charge in [0, 0.05) is 8.22 Å². The molecule has 0 unspecified atom stereocenters. The fourth-order valence-corrected chi connectivity index (χ4v) is 2.81. The number of nitrogens with one attached hydrogen (secondary N) is 1. The van der Waals surface area contributed by atoms with E-state index in [1.807, 2.05) is 0 Å². The van der Waals surface area contributed by atoms with Gasteiger partial charge in [0.25, 0.3) is 0 Å². The van der Waals surface area contributed by atoms with Crippen LogP contribution in [0.2, 0.25) is 5.02 Å². The van der Waals surface area contributed by atoms with Gasteiger partial charge in [-0.3, -0.25) is 4.72 Å². The Morgan fingerprint density at radius 1 is 1.65 bits per heavy atom. The molecule has 1 aliphatic rings. The first-order chi connectivity index (χ1) is 15.2. The first-order valence-electron chi connectivity index (χ1n) is 11.5. The number of carbonyl (C=O) groups excluding carboxylic acids is 1. The Morgan fingerprint density at radius 2 is 2.39 bits per heavy atom. The number of allylic oxidation sites excluding steroid dienone is 1. The second kappa shape index (κ2) is 7.31. The number of hydrogen-bond acceptors (Lipinski definition) is 4. The van der Waals surface area contributed by atoms with E-state index in [2.05, 4.69) is 4.74 Å². The predicted molar refractivity (Wildman–Crippen MR) is 86.3 cm³/mol. The first kappa shape index (κ1) is 7.98. The molecule has 2 rings (SSSR count). The summed E-state index contributed by atoms with van der Waals surface area (Å²) in [6.07, 6.45) is -11.6. The highest BCUT2D eigenvalue weighted by molar-refractivity contribution is 7.93. The number of anilines is 1. The van der Waals surface area contributed by atoms with E-state index >= 15 is 0 Å². The van der Waals surface area contributed by atoms with Crippen LogP contribution in [0, 0.1) is 5.82 Å². The standard InChI is InChI=1S/C15H17ClFNO4S/c1-2-22-15(19)11-5-3-4-6-14(11)23(20,21)18-13-8-7-10(17)9-12(13)16/h5,7-9,14,18H,2-4,6H2,1H3/t14-/m1/s1/i3D2,4D2,5D,6D2,7D,8D,9D,14D. The SMILES string of the molecule is [2H]C1=C(C(=O)OCC)[C@]([2H])(S(=O)(=O)Nc2c([2H])c([2H])c(F)c([2H])c2Cl)C([2H])([2H])C([2H])([2H])C1([2H])[2H]. The minimum Gasteiger partial charge on any atom is -0.463 e. The second-order valence-electron chi connectivity index (χ2n) is 3.91. The number of ether oxygens (including phenoxy) is 1. The molecule has 0 saturated heterocycles. The molecule has 0 radical (unpaired) electrons. The lowest BCUT2D eigenvalue weighted by Crippen LogP contribution is -2.34. The lowest BCUT2D eigenvalue weighted by molar-refractivity contribution is -0.138. The van der Waals surface area contributed by atoms with Crippen molar-refractivity contribution in [3.8, 4) is 0 Å². The van der Waals surface area contributed by atoms with Gasteiger partial charge in [0.05, 0.1) is 29.7 Å². The third-order valence-electron chi connectivity index (χ3n) is 2.37. The Hall–Kier alpha value is -1.60. The van der Waals surface area contributed by atoms with Gasteiger partial charge in [-0.25, -0.2) is 17.6 Å². The molecule has 0 aromatic heterocycles. The van der Waals surface area contributed by atoms with Crippen LogP contribution < -0.4 is 4.72 Å². The summed E-state index contributed by atoms with van der Waals surface area (Å²) in [6, 6.07) is -5.41. The third kappa shape index (κ3) is 4.23. The Labute approximate surface area is 155 Å². The quantitative estimate of drug-likeness (QED) is 0.805. The van der Waals surface area contributed by atoms with Crippen molar-refractivity contribution in [3.05, 3.63) is 40.6 Å². The summed E-state index contributed by atoms with van der Waals surface area (Å²) < 4.78 is 134. The molecule has 126 valence electrons. The molecule has 1 N–H and O–H groups in total. The molecule has 1 aromatic rings. The highest BCUT2D eigenvalue weighted by Gasteiger charge is 2.35. The van der Waals surface area contributed by atoms with Crippen molar-refractivity contribution in [3.63, 3.8) is 0 Å².